The molecular weight excluding hydrogens is 236 g/mol. The fraction of sp³-hybridized carbons (Fsp3) is 0.0625. The first-order chi connectivity index (χ1) is 9.29. The maximum atomic E-state index is 11.1. The Morgan fingerprint density at radius 2 is 1.84 bits per heavy atom. The van der Waals surface area contributed by atoms with E-state index in [-0.39, 0.29) is 0 Å². The normalized spacial score (nSPS) is 11.6. The highest BCUT2D eigenvalue weighted by Crippen LogP contribution is 2.32. The fourth-order valence-electron chi connectivity index (χ4n) is 2.94. The molecule has 0 aliphatic heterocycles. The van der Waals surface area contributed by atoms with Gasteiger partial charge in [0.25, 0.3) is 0 Å². The Morgan fingerprint density at radius 1 is 1.05 bits per heavy atom. The minimum absolute atomic E-state index is 0.734. The van der Waals surface area contributed by atoms with Crippen LogP contribution in [0, 0.1) is 0 Å². The highest BCUT2D eigenvalue weighted by atomic mass is 16.1. The van der Waals surface area contributed by atoms with Crippen LogP contribution < -0.4 is 0 Å². The van der Waals surface area contributed by atoms with Crippen molar-refractivity contribution in [2.24, 2.45) is 7.05 Å². The second-order valence-corrected chi connectivity index (χ2v) is 4.87. The molecule has 4 rings (SSSR count). The fourth-order valence-corrected chi connectivity index (χ4v) is 2.94. The maximum absolute atomic E-state index is 11.1. The van der Waals surface area contributed by atoms with E-state index in [1.165, 1.54) is 10.8 Å². The van der Waals surface area contributed by atoms with Gasteiger partial charge in [-0.05, 0) is 6.07 Å². The minimum Gasteiger partial charge on any atom is -0.353 e. The van der Waals surface area contributed by atoms with Gasteiger partial charge in [-0.1, -0.05) is 30.3 Å². The quantitative estimate of drug-likeness (QED) is 0.513. The topological polar surface area (TPSA) is 37.8 Å². The van der Waals surface area contributed by atoms with Crippen LogP contribution in [0.2, 0.25) is 0 Å². The van der Waals surface area contributed by atoms with Gasteiger partial charge in [-0.15, -0.1) is 0 Å². The van der Waals surface area contributed by atoms with Crippen LogP contribution in [0.25, 0.3) is 32.7 Å². The van der Waals surface area contributed by atoms with E-state index in [9.17, 15) is 4.79 Å². The number of H-pyrrole nitrogens is 1. The molecule has 0 spiro atoms. The summed E-state index contributed by atoms with van der Waals surface area (Å²) in [4.78, 5) is 14.6. The van der Waals surface area contributed by atoms with Crippen molar-refractivity contribution in [2.75, 3.05) is 0 Å². The summed E-state index contributed by atoms with van der Waals surface area (Å²) in [5.74, 6) is 0. The van der Waals surface area contributed by atoms with Gasteiger partial charge in [0.05, 0.1) is 11.0 Å². The largest absolute Gasteiger partial charge is 0.353 e. The van der Waals surface area contributed by atoms with Crippen molar-refractivity contribution >= 4 is 39.0 Å². The molecule has 0 aliphatic rings. The lowest BCUT2D eigenvalue weighted by molar-refractivity contribution is 0.112. The molecule has 0 bridgehead atoms. The number of hydrogen-bond donors (Lipinski definition) is 1. The van der Waals surface area contributed by atoms with Crippen LogP contribution in [-0.4, -0.2) is 15.8 Å². The van der Waals surface area contributed by atoms with Crippen LogP contribution in [0.3, 0.4) is 0 Å². The number of aryl methyl sites for hydroxylation is 1. The van der Waals surface area contributed by atoms with E-state index in [4.69, 9.17) is 0 Å². The summed E-state index contributed by atoms with van der Waals surface area (Å²) in [6.07, 6.45) is 2.79. The molecule has 0 unspecified atom stereocenters. The molecule has 3 nitrogen and oxygen atoms in total. The third-order valence-electron chi connectivity index (χ3n) is 3.78. The summed E-state index contributed by atoms with van der Waals surface area (Å²) < 4.78 is 2.01. The van der Waals surface area contributed by atoms with Gasteiger partial charge in [0.2, 0.25) is 0 Å². The van der Waals surface area contributed by atoms with Crippen LogP contribution >= 0.6 is 0 Å². The van der Waals surface area contributed by atoms with Crippen LogP contribution in [0.4, 0.5) is 0 Å². The Kier molecular flexibility index (Phi) is 1.90. The lowest BCUT2D eigenvalue weighted by atomic mass is 10.1. The summed E-state index contributed by atoms with van der Waals surface area (Å²) in [7, 11) is 1.97. The first kappa shape index (κ1) is 10.4. The van der Waals surface area contributed by atoms with E-state index >= 15 is 0 Å². The summed E-state index contributed by atoms with van der Waals surface area (Å²) in [6, 6.07) is 12.4. The van der Waals surface area contributed by atoms with Crippen molar-refractivity contribution < 1.29 is 4.79 Å². The highest BCUT2D eigenvalue weighted by molar-refractivity contribution is 6.18. The Hall–Kier alpha value is -2.55. The molecule has 92 valence electrons. The SMILES string of the molecule is Cn1cc(C=O)c2ccc3c4ccccc4[nH]c3c21. The van der Waals surface area contributed by atoms with Crippen molar-refractivity contribution in [1.29, 1.82) is 0 Å². The zero-order valence-electron chi connectivity index (χ0n) is 10.5. The zero-order chi connectivity index (χ0) is 13.0. The van der Waals surface area contributed by atoms with Gasteiger partial charge in [-0.2, -0.15) is 0 Å². The number of para-hydroxylation sites is 1. The molecule has 1 N–H and O–H groups in total. The monoisotopic (exact) mass is 248 g/mol. The van der Waals surface area contributed by atoms with Gasteiger partial charge in [0.1, 0.15) is 0 Å². The van der Waals surface area contributed by atoms with E-state index in [0.717, 1.165) is 33.8 Å². The van der Waals surface area contributed by atoms with Gasteiger partial charge in [-0.25, -0.2) is 0 Å². The lowest BCUT2D eigenvalue weighted by Gasteiger charge is -1.98. The van der Waals surface area contributed by atoms with E-state index in [1.54, 1.807) is 0 Å². The summed E-state index contributed by atoms with van der Waals surface area (Å²) in [6.45, 7) is 0. The maximum Gasteiger partial charge on any atom is 0.152 e. The average Bonchev–Trinajstić information content (AvgIpc) is 2.96. The van der Waals surface area contributed by atoms with Crippen LogP contribution in [0.5, 0.6) is 0 Å². The number of nitrogens with one attached hydrogen (secondary N) is 1. The summed E-state index contributed by atoms with van der Waals surface area (Å²) in [5, 5.41) is 3.41. The molecule has 0 saturated heterocycles. The zero-order valence-corrected chi connectivity index (χ0v) is 10.5. The number of benzene rings is 2. The summed E-state index contributed by atoms with van der Waals surface area (Å²) >= 11 is 0. The molecular formula is C16H12N2O. The molecule has 4 aromatic rings. The minimum atomic E-state index is 0.734. The number of aldehydes is 1. The third kappa shape index (κ3) is 1.24. The van der Waals surface area contributed by atoms with E-state index in [1.807, 2.05) is 36.0 Å². The van der Waals surface area contributed by atoms with Gasteiger partial charge in [-0.3, -0.25) is 4.79 Å². The second-order valence-electron chi connectivity index (χ2n) is 4.87. The van der Waals surface area contributed by atoms with Crippen LogP contribution in [-0.2, 0) is 7.05 Å². The molecule has 2 aromatic carbocycles. The number of rotatable bonds is 1. The van der Waals surface area contributed by atoms with Crippen molar-refractivity contribution in [2.45, 2.75) is 0 Å². The number of aromatic nitrogens is 2. The molecule has 2 heterocycles. The van der Waals surface area contributed by atoms with Gasteiger partial charge in [0.15, 0.2) is 6.29 Å². The summed E-state index contributed by atoms with van der Waals surface area (Å²) in [5.41, 5.74) is 4.03. The number of nitrogens with zero attached hydrogens (tertiary/aromatic N) is 1. The molecule has 0 atom stereocenters. The first-order valence-corrected chi connectivity index (χ1v) is 6.23. The highest BCUT2D eigenvalue weighted by Gasteiger charge is 2.12. The van der Waals surface area contributed by atoms with E-state index in [0.29, 0.717) is 0 Å². The van der Waals surface area contributed by atoms with Crippen molar-refractivity contribution in [3.05, 3.63) is 48.2 Å². The molecule has 19 heavy (non-hydrogen) atoms. The lowest BCUT2D eigenvalue weighted by Crippen LogP contribution is -1.84. The number of hydrogen-bond acceptors (Lipinski definition) is 1. The molecule has 0 radical (unpaired) electrons. The predicted molar refractivity (Wildman–Crippen MR) is 77.7 cm³/mol. The van der Waals surface area contributed by atoms with Crippen LogP contribution in [0.15, 0.2) is 42.6 Å². The number of aromatic amines is 1. The molecule has 0 amide bonds. The van der Waals surface area contributed by atoms with Crippen molar-refractivity contribution in [3.8, 4) is 0 Å². The Balaban J connectivity index is 2.31. The molecule has 2 aromatic heterocycles. The molecule has 0 aliphatic carbocycles. The van der Waals surface area contributed by atoms with Gasteiger partial charge < -0.3 is 9.55 Å². The Morgan fingerprint density at radius 3 is 2.68 bits per heavy atom. The molecule has 0 saturated carbocycles. The Labute approximate surface area is 109 Å². The van der Waals surface area contributed by atoms with Gasteiger partial charge in [0, 0.05) is 40.5 Å². The molecule has 3 heteroatoms. The van der Waals surface area contributed by atoms with Crippen molar-refractivity contribution in [1.82, 2.24) is 9.55 Å². The predicted octanol–water partition coefficient (Wildman–Crippen LogP) is 3.63. The smallest absolute Gasteiger partial charge is 0.152 e. The molecule has 0 fully saturated rings. The van der Waals surface area contributed by atoms with E-state index in [2.05, 4.69) is 23.2 Å². The van der Waals surface area contributed by atoms with Crippen molar-refractivity contribution in [3.63, 3.8) is 0 Å². The number of carbonyl (C=O) groups is 1. The third-order valence-corrected chi connectivity index (χ3v) is 3.78. The van der Waals surface area contributed by atoms with E-state index < -0.39 is 0 Å². The average molecular weight is 248 g/mol. The number of fused-ring (bicyclic) bond motifs is 5. The second kappa shape index (κ2) is 3.48. The standard InChI is InChI=1S/C16H12N2O/c1-18-8-10(9-19)11-6-7-13-12-4-2-3-5-14(12)17-15(13)16(11)18/h2-9,17H,1H3. The van der Waals surface area contributed by atoms with Gasteiger partial charge >= 0.3 is 0 Å². The first-order valence-electron chi connectivity index (χ1n) is 6.23. The van der Waals surface area contributed by atoms with Crippen LogP contribution in [0.1, 0.15) is 10.4 Å². The Bertz CT molecular complexity index is 944. The number of carbonyl (C=O) groups excluding carboxylic acids is 1.